The summed E-state index contributed by atoms with van der Waals surface area (Å²) >= 11 is 0. The van der Waals surface area contributed by atoms with Gasteiger partial charge in [0, 0.05) is 5.57 Å². The standard InChI is InChI=1S/C14H28O9P2/c1-12(2)14(15)22-11-9-7-5-3-4-6-8-10-13(24(16,17)18)23-25(19,20)21/h13H,1,3-11H2,2H3,(H2,16,17,18)(H2,19,20,21). The summed E-state index contributed by atoms with van der Waals surface area (Å²) in [4.78, 5) is 46.5. The van der Waals surface area contributed by atoms with Crippen molar-refractivity contribution in [1.82, 2.24) is 0 Å². The minimum absolute atomic E-state index is 0.119. The topological polar surface area (TPSA) is 151 Å². The molecule has 0 saturated heterocycles. The molecular formula is C14H28O9P2. The number of ether oxygens (including phenoxy) is 1. The Labute approximate surface area is 147 Å². The molecule has 0 saturated carbocycles. The molecule has 4 N–H and O–H groups in total. The van der Waals surface area contributed by atoms with Gasteiger partial charge in [-0.3, -0.25) is 9.09 Å². The van der Waals surface area contributed by atoms with Crippen molar-refractivity contribution in [2.75, 3.05) is 6.61 Å². The van der Waals surface area contributed by atoms with Gasteiger partial charge in [-0.05, 0) is 19.8 Å². The molecule has 0 aromatic carbocycles. The number of rotatable bonds is 14. The lowest BCUT2D eigenvalue weighted by atomic mass is 10.1. The van der Waals surface area contributed by atoms with Gasteiger partial charge < -0.3 is 24.3 Å². The molecular weight excluding hydrogens is 374 g/mol. The van der Waals surface area contributed by atoms with Crippen molar-refractivity contribution in [2.24, 2.45) is 0 Å². The molecule has 0 amide bonds. The van der Waals surface area contributed by atoms with Gasteiger partial charge in [-0.2, -0.15) is 0 Å². The first-order valence-corrected chi connectivity index (χ1v) is 11.3. The lowest BCUT2D eigenvalue weighted by Crippen LogP contribution is -2.12. The van der Waals surface area contributed by atoms with E-state index >= 15 is 0 Å². The maximum absolute atomic E-state index is 11.2. The fourth-order valence-corrected chi connectivity index (χ4v) is 3.83. The van der Waals surface area contributed by atoms with Crippen LogP contribution >= 0.6 is 15.4 Å². The second kappa shape index (κ2) is 12.0. The second-order valence-corrected chi connectivity index (χ2v) is 8.77. The molecule has 0 radical (unpaired) electrons. The lowest BCUT2D eigenvalue weighted by molar-refractivity contribution is -0.139. The van der Waals surface area contributed by atoms with Crippen LogP contribution in [-0.2, 0) is 23.2 Å². The van der Waals surface area contributed by atoms with Crippen molar-refractivity contribution in [3.63, 3.8) is 0 Å². The van der Waals surface area contributed by atoms with Gasteiger partial charge in [-0.25, -0.2) is 9.36 Å². The largest absolute Gasteiger partial charge is 0.470 e. The Morgan fingerprint density at radius 2 is 1.44 bits per heavy atom. The van der Waals surface area contributed by atoms with Crippen LogP contribution in [0.3, 0.4) is 0 Å². The maximum Gasteiger partial charge on any atom is 0.470 e. The molecule has 0 rings (SSSR count). The molecule has 0 spiro atoms. The summed E-state index contributed by atoms with van der Waals surface area (Å²) in [6, 6.07) is 0. The van der Waals surface area contributed by atoms with Gasteiger partial charge in [0.2, 0.25) is 0 Å². The number of carbonyl (C=O) groups excluding carboxylic acids is 1. The second-order valence-electron chi connectivity index (χ2n) is 5.82. The monoisotopic (exact) mass is 402 g/mol. The molecule has 148 valence electrons. The number of phosphoric acid groups is 1. The molecule has 0 aliphatic rings. The summed E-state index contributed by atoms with van der Waals surface area (Å²) in [5, 5.41) is 0. The summed E-state index contributed by atoms with van der Waals surface area (Å²) in [5.74, 6) is -2.17. The first-order valence-electron chi connectivity index (χ1n) is 8.05. The van der Waals surface area contributed by atoms with Crippen molar-refractivity contribution < 1.29 is 42.8 Å². The summed E-state index contributed by atoms with van der Waals surface area (Å²) in [6.07, 6.45) is 5.28. The Kier molecular flexibility index (Phi) is 11.7. The molecule has 0 bridgehead atoms. The van der Waals surface area contributed by atoms with E-state index < -0.39 is 27.2 Å². The number of esters is 1. The van der Waals surface area contributed by atoms with Gasteiger partial charge in [-0.1, -0.05) is 45.1 Å². The number of carbonyl (C=O) groups is 1. The van der Waals surface area contributed by atoms with Crippen LogP contribution in [-0.4, -0.2) is 38.0 Å². The van der Waals surface area contributed by atoms with Crippen LogP contribution in [0.5, 0.6) is 0 Å². The Morgan fingerprint density at radius 1 is 0.960 bits per heavy atom. The third-order valence-corrected chi connectivity index (χ3v) is 5.12. The van der Waals surface area contributed by atoms with E-state index in [-0.39, 0.29) is 6.42 Å². The number of phosphoric ester groups is 1. The van der Waals surface area contributed by atoms with E-state index in [0.29, 0.717) is 25.0 Å². The molecule has 0 heterocycles. The maximum atomic E-state index is 11.2. The van der Waals surface area contributed by atoms with Crippen LogP contribution in [0.1, 0.15) is 58.3 Å². The molecule has 1 unspecified atom stereocenters. The molecule has 11 heteroatoms. The Bertz CT molecular complexity index is 508. The first-order chi connectivity index (χ1) is 11.4. The highest BCUT2D eigenvalue weighted by atomic mass is 31.2. The van der Waals surface area contributed by atoms with E-state index in [1.54, 1.807) is 6.92 Å². The van der Waals surface area contributed by atoms with Gasteiger partial charge >= 0.3 is 21.4 Å². The predicted octanol–water partition coefficient (Wildman–Crippen LogP) is 2.84. The summed E-state index contributed by atoms with van der Waals surface area (Å²) in [7, 11) is -9.67. The van der Waals surface area contributed by atoms with Gasteiger partial charge in [0.15, 0.2) is 5.85 Å². The molecule has 1 atom stereocenters. The fourth-order valence-electron chi connectivity index (χ4n) is 2.03. The Hall–Kier alpha value is -0.530. The molecule has 0 aromatic rings. The third-order valence-electron chi connectivity index (χ3n) is 3.31. The average molecular weight is 402 g/mol. The number of hydrogen-bond donors (Lipinski definition) is 4. The predicted molar refractivity (Wildman–Crippen MR) is 91.7 cm³/mol. The first kappa shape index (κ1) is 24.5. The normalized spacial score (nSPS) is 13.5. The summed E-state index contributed by atoms with van der Waals surface area (Å²) in [6.45, 7) is 5.43. The van der Waals surface area contributed by atoms with Crippen LogP contribution in [0.2, 0.25) is 0 Å². The van der Waals surface area contributed by atoms with Crippen molar-refractivity contribution in [1.29, 1.82) is 0 Å². The van der Waals surface area contributed by atoms with Gasteiger partial charge in [0.25, 0.3) is 0 Å². The van der Waals surface area contributed by atoms with E-state index in [0.717, 1.165) is 32.1 Å². The molecule has 25 heavy (non-hydrogen) atoms. The zero-order valence-corrected chi connectivity index (χ0v) is 16.2. The SMILES string of the molecule is C=C(C)C(=O)OCCCCCCCCCC(OP(=O)(O)O)P(=O)(O)O. The van der Waals surface area contributed by atoms with Crippen molar-refractivity contribution >= 4 is 21.4 Å². The lowest BCUT2D eigenvalue weighted by Gasteiger charge is -2.19. The zero-order valence-electron chi connectivity index (χ0n) is 14.4. The molecule has 0 fully saturated rings. The highest BCUT2D eigenvalue weighted by Gasteiger charge is 2.35. The quantitative estimate of drug-likeness (QED) is 0.149. The third kappa shape index (κ3) is 14.3. The highest BCUT2D eigenvalue weighted by Crippen LogP contribution is 2.52. The Balaban J connectivity index is 3.74. The average Bonchev–Trinajstić information content (AvgIpc) is 2.45. The molecule has 0 aliphatic heterocycles. The fraction of sp³-hybridized carbons (Fsp3) is 0.786. The molecule has 0 aliphatic carbocycles. The van der Waals surface area contributed by atoms with Crippen LogP contribution in [0, 0.1) is 0 Å². The molecule has 0 aromatic heterocycles. The van der Waals surface area contributed by atoms with Gasteiger partial charge in [0.05, 0.1) is 6.61 Å². The van der Waals surface area contributed by atoms with Gasteiger partial charge in [-0.15, -0.1) is 0 Å². The van der Waals surface area contributed by atoms with Crippen molar-refractivity contribution in [3.05, 3.63) is 12.2 Å². The van der Waals surface area contributed by atoms with E-state index in [1.807, 2.05) is 0 Å². The summed E-state index contributed by atoms with van der Waals surface area (Å²) < 4.78 is 31.0. The van der Waals surface area contributed by atoms with Crippen molar-refractivity contribution in [2.45, 2.75) is 64.1 Å². The van der Waals surface area contributed by atoms with E-state index in [1.165, 1.54) is 0 Å². The smallest absolute Gasteiger partial charge is 0.462 e. The highest BCUT2D eigenvalue weighted by molar-refractivity contribution is 7.53. The van der Waals surface area contributed by atoms with Crippen molar-refractivity contribution in [3.8, 4) is 0 Å². The minimum Gasteiger partial charge on any atom is -0.462 e. The number of hydrogen-bond acceptors (Lipinski definition) is 5. The van der Waals surface area contributed by atoms with E-state index in [2.05, 4.69) is 11.1 Å². The van der Waals surface area contributed by atoms with Crippen LogP contribution in [0.15, 0.2) is 12.2 Å². The minimum atomic E-state index is -4.94. The Morgan fingerprint density at radius 3 is 1.88 bits per heavy atom. The van der Waals surface area contributed by atoms with Crippen LogP contribution in [0.4, 0.5) is 0 Å². The van der Waals surface area contributed by atoms with Crippen LogP contribution in [0.25, 0.3) is 0 Å². The zero-order chi connectivity index (χ0) is 19.5. The van der Waals surface area contributed by atoms with Crippen LogP contribution < -0.4 is 0 Å². The molecule has 9 nitrogen and oxygen atoms in total. The van der Waals surface area contributed by atoms with E-state index in [9.17, 15) is 13.9 Å². The van der Waals surface area contributed by atoms with Gasteiger partial charge in [0.1, 0.15) is 0 Å². The summed E-state index contributed by atoms with van der Waals surface area (Å²) in [5.41, 5.74) is 0.372. The van der Waals surface area contributed by atoms with E-state index in [4.69, 9.17) is 24.3 Å². The number of unbranched alkanes of at least 4 members (excludes halogenated alkanes) is 6.